The molecule has 0 spiro atoms. The van der Waals surface area contributed by atoms with Crippen LogP contribution < -0.4 is 10.6 Å². The van der Waals surface area contributed by atoms with E-state index in [2.05, 4.69) is 30.6 Å². The summed E-state index contributed by atoms with van der Waals surface area (Å²) in [5.41, 5.74) is 1.36. The van der Waals surface area contributed by atoms with E-state index in [9.17, 15) is 4.79 Å². The van der Waals surface area contributed by atoms with Gasteiger partial charge in [0, 0.05) is 19.5 Å². The number of unbranched alkanes of at least 4 members (excludes halogenated alkanes) is 1. The molecule has 0 bridgehead atoms. The summed E-state index contributed by atoms with van der Waals surface area (Å²) in [4.78, 5) is 11.9. The van der Waals surface area contributed by atoms with Crippen LogP contribution >= 0.6 is 0 Å². The van der Waals surface area contributed by atoms with Crippen LogP contribution in [0.2, 0.25) is 0 Å². The van der Waals surface area contributed by atoms with Gasteiger partial charge in [-0.05, 0) is 25.3 Å². The Morgan fingerprint density at radius 3 is 2.94 bits per heavy atom. The Balaban J connectivity index is 2.20. The zero-order chi connectivity index (χ0) is 13.2. The Kier molecular flexibility index (Phi) is 7.74. The maximum absolute atomic E-state index is 11.9. The van der Waals surface area contributed by atoms with Crippen molar-refractivity contribution in [3.8, 4) is 0 Å². The predicted molar refractivity (Wildman–Crippen MR) is 76.5 cm³/mol. The van der Waals surface area contributed by atoms with Crippen LogP contribution in [0, 0.1) is 5.92 Å². The lowest BCUT2D eigenvalue weighted by atomic mass is 9.95. The van der Waals surface area contributed by atoms with Gasteiger partial charge in [0.1, 0.15) is 0 Å². The van der Waals surface area contributed by atoms with Gasteiger partial charge in [0.05, 0.1) is 0 Å². The lowest BCUT2D eigenvalue weighted by Gasteiger charge is -2.17. The lowest BCUT2D eigenvalue weighted by molar-refractivity contribution is -0.121. The number of carbonyl (C=O) groups excluding carboxylic acids is 1. The Morgan fingerprint density at radius 2 is 2.33 bits per heavy atom. The first-order chi connectivity index (χ1) is 8.76. The molecular formula is C15H28N2O. The van der Waals surface area contributed by atoms with Gasteiger partial charge in [-0.3, -0.25) is 4.79 Å². The van der Waals surface area contributed by atoms with Crippen molar-refractivity contribution >= 4 is 5.91 Å². The molecule has 2 N–H and O–H groups in total. The van der Waals surface area contributed by atoms with Crippen molar-refractivity contribution in [2.45, 2.75) is 52.4 Å². The van der Waals surface area contributed by atoms with Crippen molar-refractivity contribution < 1.29 is 4.79 Å². The fourth-order valence-corrected chi connectivity index (χ4v) is 2.32. The van der Waals surface area contributed by atoms with Crippen molar-refractivity contribution in [2.75, 3.05) is 19.6 Å². The number of carbonyl (C=O) groups is 1. The minimum Gasteiger partial charge on any atom is -0.352 e. The van der Waals surface area contributed by atoms with Gasteiger partial charge < -0.3 is 10.6 Å². The largest absolute Gasteiger partial charge is 0.352 e. The molecule has 3 nitrogen and oxygen atoms in total. The van der Waals surface area contributed by atoms with E-state index < -0.39 is 0 Å². The van der Waals surface area contributed by atoms with Gasteiger partial charge in [0.15, 0.2) is 0 Å². The molecular weight excluding hydrogens is 224 g/mol. The molecule has 1 atom stereocenters. The molecule has 0 aromatic rings. The van der Waals surface area contributed by atoms with E-state index in [0.717, 1.165) is 32.5 Å². The third-order valence-electron chi connectivity index (χ3n) is 3.69. The van der Waals surface area contributed by atoms with Gasteiger partial charge in [0.25, 0.3) is 0 Å². The SMILES string of the molecule is CCCCC(CC)CC(=O)NCC1=CCNCC1. The summed E-state index contributed by atoms with van der Waals surface area (Å²) in [5, 5.41) is 6.34. The zero-order valence-corrected chi connectivity index (χ0v) is 11.9. The molecule has 0 saturated carbocycles. The summed E-state index contributed by atoms with van der Waals surface area (Å²) < 4.78 is 0. The third kappa shape index (κ3) is 6.20. The van der Waals surface area contributed by atoms with Crippen LogP contribution in [0.4, 0.5) is 0 Å². The molecule has 1 amide bonds. The minimum absolute atomic E-state index is 0.220. The van der Waals surface area contributed by atoms with E-state index in [1.807, 2.05) is 0 Å². The predicted octanol–water partition coefficient (Wildman–Crippen LogP) is 2.63. The fourth-order valence-electron chi connectivity index (χ4n) is 2.32. The van der Waals surface area contributed by atoms with Crippen LogP contribution in [0.25, 0.3) is 0 Å². The van der Waals surface area contributed by atoms with E-state index in [1.54, 1.807) is 0 Å². The minimum atomic E-state index is 0.220. The zero-order valence-electron chi connectivity index (χ0n) is 11.9. The van der Waals surface area contributed by atoms with E-state index >= 15 is 0 Å². The summed E-state index contributed by atoms with van der Waals surface area (Å²) in [6, 6.07) is 0. The van der Waals surface area contributed by atoms with E-state index in [-0.39, 0.29) is 5.91 Å². The molecule has 1 aliphatic heterocycles. The van der Waals surface area contributed by atoms with Crippen LogP contribution in [-0.4, -0.2) is 25.5 Å². The van der Waals surface area contributed by atoms with Gasteiger partial charge in [0.2, 0.25) is 5.91 Å². The Hall–Kier alpha value is -0.830. The second-order valence-electron chi connectivity index (χ2n) is 5.21. The molecule has 1 aliphatic rings. The highest BCUT2D eigenvalue weighted by Gasteiger charge is 2.12. The smallest absolute Gasteiger partial charge is 0.220 e. The van der Waals surface area contributed by atoms with Gasteiger partial charge in [-0.25, -0.2) is 0 Å². The second-order valence-corrected chi connectivity index (χ2v) is 5.21. The molecule has 18 heavy (non-hydrogen) atoms. The van der Waals surface area contributed by atoms with Crippen molar-refractivity contribution in [2.24, 2.45) is 5.92 Å². The lowest BCUT2D eigenvalue weighted by Crippen LogP contribution is -2.30. The Bertz CT molecular complexity index is 274. The average molecular weight is 252 g/mol. The van der Waals surface area contributed by atoms with Gasteiger partial charge in [-0.15, -0.1) is 0 Å². The number of hydrogen-bond acceptors (Lipinski definition) is 2. The number of hydrogen-bond donors (Lipinski definition) is 2. The molecule has 104 valence electrons. The molecule has 0 aromatic heterocycles. The average Bonchev–Trinajstić information content (AvgIpc) is 2.42. The summed E-state index contributed by atoms with van der Waals surface area (Å²) >= 11 is 0. The summed E-state index contributed by atoms with van der Waals surface area (Å²) in [6.07, 6.45) is 8.71. The monoisotopic (exact) mass is 252 g/mol. The maximum Gasteiger partial charge on any atom is 0.220 e. The maximum atomic E-state index is 11.9. The quantitative estimate of drug-likeness (QED) is 0.652. The first kappa shape index (κ1) is 15.2. The fraction of sp³-hybridized carbons (Fsp3) is 0.800. The molecule has 0 radical (unpaired) electrons. The second kappa shape index (κ2) is 9.15. The summed E-state index contributed by atoms with van der Waals surface area (Å²) in [5.74, 6) is 0.782. The highest BCUT2D eigenvalue weighted by atomic mass is 16.1. The van der Waals surface area contributed by atoms with Crippen LogP contribution in [0.1, 0.15) is 52.4 Å². The number of rotatable bonds is 8. The van der Waals surface area contributed by atoms with Crippen molar-refractivity contribution in [3.63, 3.8) is 0 Å². The van der Waals surface area contributed by atoms with Gasteiger partial charge >= 0.3 is 0 Å². The summed E-state index contributed by atoms with van der Waals surface area (Å²) in [6.45, 7) is 7.11. The van der Waals surface area contributed by atoms with E-state index in [0.29, 0.717) is 12.3 Å². The normalized spacial score (nSPS) is 17.1. The van der Waals surface area contributed by atoms with Gasteiger partial charge in [-0.1, -0.05) is 44.8 Å². The molecule has 1 heterocycles. The molecule has 0 aliphatic carbocycles. The highest BCUT2D eigenvalue weighted by Crippen LogP contribution is 2.16. The molecule has 1 unspecified atom stereocenters. The van der Waals surface area contributed by atoms with Crippen molar-refractivity contribution in [3.05, 3.63) is 11.6 Å². The summed E-state index contributed by atoms with van der Waals surface area (Å²) in [7, 11) is 0. The Morgan fingerprint density at radius 1 is 1.50 bits per heavy atom. The first-order valence-electron chi connectivity index (χ1n) is 7.41. The number of nitrogens with one attached hydrogen (secondary N) is 2. The third-order valence-corrected chi connectivity index (χ3v) is 3.69. The van der Waals surface area contributed by atoms with Crippen molar-refractivity contribution in [1.29, 1.82) is 0 Å². The first-order valence-corrected chi connectivity index (χ1v) is 7.41. The highest BCUT2D eigenvalue weighted by molar-refractivity contribution is 5.76. The molecule has 0 fully saturated rings. The molecule has 0 saturated heterocycles. The Labute approximate surface area is 111 Å². The molecule has 1 rings (SSSR count). The van der Waals surface area contributed by atoms with Crippen molar-refractivity contribution in [1.82, 2.24) is 10.6 Å². The van der Waals surface area contributed by atoms with Crippen LogP contribution in [0.15, 0.2) is 11.6 Å². The number of amides is 1. The van der Waals surface area contributed by atoms with Crippen LogP contribution in [-0.2, 0) is 4.79 Å². The molecule has 3 heteroatoms. The van der Waals surface area contributed by atoms with Gasteiger partial charge in [-0.2, -0.15) is 0 Å². The van der Waals surface area contributed by atoms with Crippen LogP contribution in [0.5, 0.6) is 0 Å². The topological polar surface area (TPSA) is 41.1 Å². The van der Waals surface area contributed by atoms with E-state index in [4.69, 9.17) is 0 Å². The van der Waals surface area contributed by atoms with E-state index in [1.165, 1.54) is 24.8 Å². The van der Waals surface area contributed by atoms with Crippen LogP contribution in [0.3, 0.4) is 0 Å². The standard InChI is InChI=1S/C15H28N2O/c1-3-5-6-13(4-2)11-15(18)17-12-14-7-9-16-10-8-14/h7,13,16H,3-6,8-12H2,1-2H3,(H,17,18). The molecule has 0 aromatic carbocycles.